The number of morpholine rings is 1. The Morgan fingerprint density at radius 3 is 3.08 bits per heavy atom. The lowest BCUT2D eigenvalue weighted by Crippen LogP contribution is -2.43. The fourth-order valence-electron chi connectivity index (χ4n) is 3.56. The molecule has 24 heavy (non-hydrogen) atoms. The molecule has 1 atom stereocenters. The molecule has 0 unspecified atom stereocenters. The van der Waals surface area contributed by atoms with Crippen molar-refractivity contribution < 1.29 is 9.53 Å². The maximum absolute atomic E-state index is 12.7. The number of H-pyrrole nitrogens is 1. The number of aryl methyl sites for hydroxylation is 3. The van der Waals surface area contributed by atoms with Crippen LogP contribution < -0.4 is 0 Å². The van der Waals surface area contributed by atoms with E-state index in [1.54, 1.807) is 0 Å². The van der Waals surface area contributed by atoms with Gasteiger partial charge in [0.1, 0.15) is 11.9 Å². The Morgan fingerprint density at radius 2 is 2.25 bits per heavy atom. The Labute approximate surface area is 141 Å². The Morgan fingerprint density at radius 1 is 1.38 bits per heavy atom. The van der Waals surface area contributed by atoms with Gasteiger partial charge in [-0.15, -0.1) is 0 Å². The molecule has 1 aliphatic heterocycles. The van der Waals surface area contributed by atoms with Crippen molar-refractivity contribution in [3.05, 3.63) is 46.5 Å². The molecule has 0 bridgehead atoms. The summed E-state index contributed by atoms with van der Waals surface area (Å²) in [5, 5.41) is 6.99. The second kappa shape index (κ2) is 6.36. The van der Waals surface area contributed by atoms with Crippen LogP contribution in [0.15, 0.2) is 18.2 Å². The number of ether oxygens (including phenoxy) is 1. The number of nitrogens with one attached hydrogen (secondary N) is 1. The first kappa shape index (κ1) is 15.3. The van der Waals surface area contributed by atoms with Gasteiger partial charge < -0.3 is 9.64 Å². The second-order valence-electron chi connectivity index (χ2n) is 6.61. The fraction of sp³-hybridized carbons (Fsp3) is 0.500. The molecule has 1 saturated heterocycles. The second-order valence-corrected chi connectivity index (χ2v) is 6.61. The lowest BCUT2D eigenvalue weighted by atomic mass is 10.0. The van der Waals surface area contributed by atoms with Crippen LogP contribution in [-0.4, -0.2) is 45.7 Å². The number of hydrogen-bond acceptors (Lipinski definition) is 4. The van der Waals surface area contributed by atoms with Crippen molar-refractivity contribution >= 4 is 5.91 Å². The van der Waals surface area contributed by atoms with Crippen molar-refractivity contribution in [1.29, 1.82) is 0 Å². The predicted octanol–water partition coefficient (Wildman–Crippen LogP) is 1.74. The van der Waals surface area contributed by atoms with Crippen LogP contribution >= 0.6 is 0 Å². The number of aromatic amines is 1. The lowest BCUT2D eigenvalue weighted by molar-refractivity contribution is -0.138. The van der Waals surface area contributed by atoms with E-state index in [9.17, 15) is 4.79 Å². The monoisotopic (exact) mass is 326 g/mol. The van der Waals surface area contributed by atoms with Gasteiger partial charge in [0.15, 0.2) is 5.82 Å². The molecular weight excluding hydrogens is 304 g/mol. The third-order valence-electron chi connectivity index (χ3n) is 4.84. The van der Waals surface area contributed by atoms with Crippen LogP contribution in [-0.2, 0) is 28.8 Å². The zero-order valence-corrected chi connectivity index (χ0v) is 13.9. The summed E-state index contributed by atoms with van der Waals surface area (Å²) < 4.78 is 5.73. The molecule has 0 saturated carbocycles. The largest absolute Gasteiger partial charge is 0.366 e. The molecule has 1 fully saturated rings. The Hall–Kier alpha value is -2.21. The first-order chi connectivity index (χ1) is 11.7. The Kier molecular flexibility index (Phi) is 4.06. The van der Waals surface area contributed by atoms with E-state index in [0.29, 0.717) is 31.9 Å². The molecule has 1 N–H and O–H groups in total. The molecule has 1 aromatic carbocycles. The topological polar surface area (TPSA) is 71.1 Å². The van der Waals surface area contributed by atoms with E-state index in [4.69, 9.17) is 4.74 Å². The maximum Gasteiger partial charge on any atom is 0.227 e. The third-order valence-corrected chi connectivity index (χ3v) is 4.84. The average molecular weight is 326 g/mol. The summed E-state index contributed by atoms with van der Waals surface area (Å²) in [6.45, 7) is 3.52. The fourth-order valence-corrected chi connectivity index (χ4v) is 3.56. The first-order valence-corrected chi connectivity index (χ1v) is 8.58. The molecule has 1 aromatic heterocycles. The van der Waals surface area contributed by atoms with Crippen LogP contribution in [0.3, 0.4) is 0 Å². The smallest absolute Gasteiger partial charge is 0.227 e. The van der Waals surface area contributed by atoms with Gasteiger partial charge in [0.05, 0.1) is 19.6 Å². The minimum atomic E-state index is -0.243. The van der Waals surface area contributed by atoms with E-state index in [-0.39, 0.29) is 12.0 Å². The van der Waals surface area contributed by atoms with Gasteiger partial charge in [-0.25, -0.2) is 4.98 Å². The Balaban J connectivity index is 1.42. The van der Waals surface area contributed by atoms with Crippen LogP contribution in [0, 0.1) is 6.92 Å². The summed E-state index contributed by atoms with van der Waals surface area (Å²) in [6, 6.07) is 6.49. The molecule has 1 amide bonds. The van der Waals surface area contributed by atoms with E-state index < -0.39 is 0 Å². The molecule has 2 aromatic rings. The van der Waals surface area contributed by atoms with E-state index >= 15 is 0 Å². The summed E-state index contributed by atoms with van der Waals surface area (Å²) in [5.74, 6) is 1.53. The molecule has 0 spiro atoms. The first-order valence-electron chi connectivity index (χ1n) is 8.58. The highest BCUT2D eigenvalue weighted by atomic mass is 16.5. The lowest BCUT2D eigenvalue weighted by Gasteiger charge is -2.31. The van der Waals surface area contributed by atoms with Crippen molar-refractivity contribution in [3.8, 4) is 0 Å². The number of fused-ring (bicyclic) bond motifs is 1. The standard InChI is InChI=1S/C18H22N4O2/c1-12-19-18(21-20-12)16-11-22(7-8-24-16)17(23)10-13-5-6-14-3-2-4-15(14)9-13/h5-6,9,16H,2-4,7-8,10-11H2,1H3,(H,19,20,21)/t16-/m0/s1. The highest BCUT2D eigenvalue weighted by Crippen LogP contribution is 2.24. The molecule has 2 heterocycles. The number of aromatic nitrogens is 3. The molecule has 126 valence electrons. The molecular formula is C18H22N4O2. The van der Waals surface area contributed by atoms with E-state index in [0.717, 1.165) is 17.8 Å². The summed E-state index contributed by atoms with van der Waals surface area (Å²) >= 11 is 0. The summed E-state index contributed by atoms with van der Waals surface area (Å²) in [6.07, 6.45) is 3.75. The van der Waals surface area contributed by atoms with Crippen molar-refractivity contribution in [3.63, 3.8) is 0 Å². The molecule has 6 heteroatoms. The maximum atomic E-state index is 12.7. The number of rotatable bonds is 3. The minimum absolute atomic E-state index is 0.147. The van der Waals surface area contributed by atoms with Crippen LogP contribution in [0.4, 0.5) is 0 Å². The van der Waals surface area contributed by atoms with Crippen LogP contribution in [0.1, 0.15) is 40.9 Å². The van der Waals surface area contributed by atoms with E-state index in [1.807, 2.05) is 11.8 Å². The van der Waals surface area contributed by atoms with Crippen molar-refractivity contribution in [2.45, 2.75) is 38.7 Å². The van der Waals surface area contributed by atoms with Gasteiger partial charge in [0.25, 0.3) is 0 Å². The molecule has 6 nitrogen and oxygen atoms in total. The minimum Gasteiger partial charge on any atom is -0.366 e. The van der Waals surface area contributed by atoms with Gasteiger partial charge in [0, 0.05) is 6.54 Å². The molecule has 2 aliphatic rings. The van der Waals surface area contributed by atoms with Crippen LogP contribution in [0.2, 0.25) is 0 Å². The number of amides is 1. The van der Waals surface area contributed by atoms with Gasteiger partial charge in [0.2, 0.25) is 5.91 Å². The highest BCUT2D eigenvalue weighted by molar-refractivity contribution is 5.79. The number of benzene rings is 1. The number of nitrogens with zero attached hydrogens (tertiary/aromatic N) is 3. The summed E-state index contributed by atoms with van der Waals surface area (Å²) in [7, 11) is 0. The van der Waals surface area contributed by atoms with Crippen LogP contribution in [0.5, 0.6) is 0 Å². The molecule has 4 rings (SSSR count). The number of hydrogen-bond donors (Lipinski definition) is 1. The summed E-state index contributed by atoms with van der Waals surface area (Å²) in [4.78, 5) is 18.9. The van der Waals surface area contributed by atoms with Crippen molar-refractivity contribution in [1.82, 2.24) is 20.1 Å². The van der Waals surface area contributed by atoms with Gasteiger partial charge >= 0.3 is 0 Å². The normalized spacial score (nSPS) is 20.2. The van der Waals surface area contributed by atoms with Gasteiger partial charge in [-0.2, -0.15) is 5.10 Å². The van der Waals surface area contributed by atoms with Gasteiger partial charge in [-0.1, -0.05) is 18.2 Å². The van der Waals surface area contributed by atoms with Crippen molar-refractivity contribution in [2.75, 3.05) is 19.7 Å². The number of carbonyl (C=O) groups is 1. The third kappa shape index (κ3) is 3.06. The van der Waals surface area contributed by atoms with Crippen LogP contribution in [0.25, 0.3) is 0 Å². The van der Waals surface area contributed by atoms with E-state index in [1.165, 1.54) is 24.0 Å². The quantitative estimate of drug-likeness (QED) is 0.933. The SMILES string of the molecule is Cc1nc([C@@H]2CN(C(=O)Cc3ccc4c(c3)CCC4)CCO2)n[nH]1. The Bertz CT molecular complexity index is 755. The van der Waals surface area contributed by atoms with E-state index in [2.05, 4.69) is 33.4 Å². The average Bonchev–Trinajstić information content (AvgIpc) is 3.23. The predicted molar refractivity (Wildman–Crippen MR) is 88.6 cm³/mol. The zero-order valence-electron chi connectivity index (χ0n) is 13.9. The summed E-state index contributed by atoms with van der Waals surface area (Å²) in [5.41, 5.74) is 3.96. The molecule has 0 radical (unpaired) electrons. The highest BCUT2D eigenvalue weighted by Gasteiger charge is 2.28. The zero-order chi connectivity index (χ0) is 16.5. The van der Waals surface area contributed by atoms with Crippen molar-refractivity contribution in [2.24, 2.45) is 0 Å². The molecule has 1 aliphatic carbocycles. The number of carbonyl (C=O) groups excluding carboxylic acids is 1. The van der Waals surface area contributed by atoms with Gasteiger partial charge in [-0.05, 0) is 42.9 Å². The van der Waals surface area contributed by atoms with Gasteiger partial charge in [-0.3, -0.25) is 9.89 Å².